The van der Waals surface area contributed by atoms with Crippen molar-refractivity contribution in [3.8, 4) is 5.69 Å². The lowest BCUT2D eigenvalue weighted by Crippen LogP contribution is -1.97. The highest BCUT2D eigenvalue weighted by Crippen LogP contribution is 2.36. The predicted molar refractivity (Wildman–Crippen MR) is 79.3 cm³/mol. The Kier molecular flexibility index (Phi) is 2.65. The largest absolute Gasteiger partial charge is 0.316 e. The van der Waals surface area contributed by atoms with E-state index in [9.17, 15) is 0 Å². The van der Waals surface area contributed by atoms with Crippen LogP contribution in [0.25, 0.3) is 15.1 Å². The Balaban J connectivity index is 2.38. The normalized spacial score (nSPS) is 11.2. The Hall–Kier alpha value is -0.970. The number of nitrogens with zero attached hydrogens (tertiary/aromatic N) is 1. The van der Waals surface area contributed by atoms with Gasteiger partial charge in [-0.2, -0.15) is 0 Å². The van der Waals surface area contributed by atoms with Gasteiger partial charge < -0.3 is 4.57 Å². The van der Waals surface area contributed by atoms with Gasteiger partial charge in [-0.05, 0) is 26.0 Å². The van der Waals surface area contributed by atoms with Crippen LogP contribution in [0.4, 0.5) is 0 Å². The fraction of sp³-hybridized carbons (Fsp3) is 0.154. The summed E-state index contributed by atoms with van der Waals surface area (Å²) in [7, 11) is 0. The highest BCUT2D eigenvalue weighted by Gasteiger charge is 2.14. The summed E-state index contributed by atoms with van der Waals surface area (Å²) in [6.45, 7) is 4.33. The monoisotopic (exact) mass is 277 g/mol. The van der Waals surface area contributed by atoms with E-state index in [1.165, 1.54) is 26.5 Å². The molecule has 0 saturated heterocycles. The van der Waals surface area contributed by atoms with Gasteiger partial charge in [0.15, 0.2) is 0 Å². The molecule has 17 heavy (non-hydrogen) atoms. The Morgan fingerprint density at radius 1 is 0.941 bits per heavy atom. The van der Waals surface area contributed by atoms with Gasteiger partial charge in [0.2, 0.25) is 0 Å². The van der Waals surface area contributed by atoms with Crippen LogP contribution in [0.1, 0.15) is 11.4 Å². The zero-order valence-electron chi connectivity index (χ0n) is 9.56. The lowest BCUT2D eigenvalue weighted by atomic mass is 10.3. The van der Waals surface area contributed by atoms with Gasteiger partial charge in [0.25, 0.3) is 0 Å². The lowest BCUT2D eigenvalue weighted by molar-refractivity contribution is 0.976. The molecular formula is C13H11NS3. The van der Waals surface area contributed by atoms with Gasteiger partial charge in [0, 0.05) is 17.1 Å². The number of rotatable bonds is 1. The SMILES string of the molecule is Cc1c2sc(=S)sc2c(C)n1-c1ccccc1. The van der Waals surface area contributed by atoms with E-state index in [4.69, 9.17) is 12.2 Å². The molecule has 0 radical (unpaired) electrons. The lowest BCUT2D eigenvalue weighted by Gasteiger charge is -2.08. The maximum atomic E-state index is 5.27. The smallest absolute Gasteiger partial charge is 0.144 e. The minimum atomic E-state index is 1.02. The van der Waals surface area contributed by atoms with Crippen molar-refractivity contribution < 1.29 is 0 Å². The van der Waals surface area contributed by atoms with Gasteiger partial charge in [0.05, 0.1) is 9.40 Å². The van der Waals surface area contributed by atoms with Crippen molar-refractivity contribution >= 4 is 44.3 Å². The van der Waals surface area contributed by atoms with E-state index >= 15 is 0 Å². The molecule has 2 heterocycles. The highest BCUT2D eigenvalue weighted by molar-refractivity contribution is 7.77. The molecule has 0 amide bonds. The summed E-state index contributed by atoms with van der Waals surface area (Å²) in [6.07, 6.45) is 0. The fourth-order valence-corrected chi connectivity index (χ4v) is 4.88. The summed E-state index contributed by atoms with van der Waals surface area (Å²) in [6, 6.07) is 10.5. The number of hydrogen-bond donors (Lipinski definition) is 0. The van der Waals surface area contributed by atoms with Crippen molar-refractivity contribution in [3.05, 3.63) is 44.9 Å². The van der Waals surface area contributed by atoms with Crippen LogP contribution >= 0.6 is 34.9 Å². The average Bonchev–Trinajstić information content (AvgIpc) is 2.81. The number of fused-ring (bicyclic) bond motifs is 1. The Morgan fingerprint density at radius 3 is 2.00 bits per heavy atom. The summed E-state index contributed by atoms with van der Waals surface area (Å²) < 4.78 is 6.00. The second kappa shape index (κ2) is 4.05. The third-order valence-electron chi connectivity index (χ3n) is 2.92. The topological polar surface area (TPSA) is 4.93 Å². The van der Waals surface area contributed by atoms with Crippen LogP contribution in [0.2, 0.25) is 0 Å². The molecule has 3 aromatic rings. The minimum absolute atomic E-state index is 1.02. The highest BCUT2D eigenvalue weighted by atomic mass is 32.2. The number of para-hydroxylation sites is 1. The molecule has 3 rings (SSSR count). The van der Waals surface area contributed by atoms with Crippen LogP contribution in [0.3, 0.4) is 0 Å². The molecule has 0 aliphatic carbocycles. The number of hydrogen-bond acceptors (Lipinski definition) is 3. The number of aromatic nitrogens is 1. The molecule has 0 atom stereocenters. The first-order valence-corrected chi connectivity index (χ1v) is 7.39. The van der Waals surface area contributed by atoms with Crippen LogP contribution < -0.4 is 0 Å². The molecule has 0 bridgehead atoms. The number of benzene rings is 1. The van der Waals surface area contributed by atoms with Crippen LogP contribution in [-0.2, 0) is 0 Å². The maximum Gasteiger partial charge on any atom is 0.144 e. The summed E-state index contributed by atoms with van der Waals surface area (Å²) in [5, 5.41) is 0. The van der Waals surface area contributed by atoms with E-state index in [1.807, 2.05) is 6.07 Å². The second-order valence-corrected chi connectivity index (χ2v) is 7.18. The van der Waals surface area contributed by atoms with Gasteiger partial charge in [-0.15, -0.1) is 22.7 Å². The first kappa shape index (κ1) is 11.1. The molecule has 0 aliphatic heterocycles. The molecule has 2 aromatic heterocycles. The zero-order valence-corrected chi connectivity index (χ0v) is 12.0. The first-order valence-electron chi connectivity index (χ1n) is 5.35. The van der Waals surface area contributed by atoms with Crippen LogP contribution in [0.5, 0.6) is 0 Å². The Morgan fingerprint density at radius 2 is 1.47 bits per heavy atom. The summed E-state index contributed by atoms with van der Waals surface area (Å²) in [5.74, 6) is 0. The predicted octanol–water partition coefficient (Wildman–Crippen LogP) is 5.10. The van der Waals surface area contributed by atoms with Crippen LogP contribution in [-0.4, -0.2) is 4.57 Å². The molecule has 0 aliphatic rings. The second-order valence-electron chi connectivity index (χ2n) is 3.95. The van der Waals surface area contributed by atoms with Gasteiger partial charge in [0.1, 0.15) is 3.14 Å². The van der Waals surface area contributed by atoms with E-state index in [2.05, 4.69) is 42.7 Å². The van der Waals surface area contributed by atoms with E-state index in [-0.39, 0.29) is 0 Å². The van der Waals surface area contributed by atoms with E-state index in [0.29, 0.717) is 0 Å². The average molecular weight is 277 g/mol. The molecule has 0 fully saturated rings. The quantitative estimate of drug-likeness (QED) is 0.560. The van der Waals surface area contributed by atoms with Crippen molar-refractivity contribution in [2.24, 2.45) is 0 Å². The number of aryl methyl sites for hydroxylation is 2. The molecular weight excluding hydrogens is 266 g/mol. The Bertz CT molecular complexity index is 691. The van der Waals surface area contributed by atoms with Gasteiger partial charge in [-0.25, -0.2) is 0 Å². The molecule has 0 spiro atoms. The molecule has 86 valence electrons. The van der Waals surface area contributed by atoms with Crippen molar-refractivity contribution in [3.63, 3.8) is 0 Å². The molecule has 1 nitrogen and oxygen atoms in total. The maximum absolute atomic E-state index is 5.27. The third-order valence-corrected chi connectivity index (χ3v) is 5.79. The van der Waals surface area contributed by atoms with Gasteiger partial charge in [-0.3, -0.25) is 0 Å². The summed E-state index contributed by atoms with van der Waals surface area (Å²) >= 11 is 8.72. The molecule has 0 unspecified atom stereocenters. The summed E-state index contributed by atoms with van der Waals surface area (Å²) in [4.78, 5) is 0. The molecule has 1 aromatic carbocycles. The van der Waals surface area contributed by atoms with Crippen LogP contribution in [0.15, 0.2) is 30.3 Å². The van der Waals surface area contributed by atoms with E-state index in [1.54, 1.807) is 22.7 Å². The van der Waals surface area contributed by atoms with Gasteiger partial charge in [-0.1, -0.05) is 30.4 Å². The van der Waals surface area contributed by atoms with Crippen LogP contribution in [0, 0.1) is 17.0 Å². The van der Waals surface area contributed by atoms with E-state index < -0.39 is 0 Å². The summed E-state index contributed by atoms with van der Waals surface area (Å²) in [5.41, 5.74) is 3.81. The molecule has 4 heteroatoms. The third kappa shape index (κ3) is 1.68. The van der Waals surface area contributed by atoms with Crippen molar-refractivity contribution in [1.82, 2.24) is 4.57 Å². The van der Waals surface area contributed by atoms with Gasteiger partial charge >= 0.3 is 0 Å². The van der Waals surface area contributed by atoms with Crippen molar-refractivity contribution in [2.45, 2.75) is 13.8 Å². The molecule has 0 N–H and O–H groups in total. The zero-order chi connectivity index (χ0) is 12.0. The Labute approximate surface area is 113 Å². The van der Waals surface area contributed by atoms with E-state index in [0.717, 1.165) is 3.14 Å². The minimum Gasteiger partial charge on any atom is -0.316 e. The van der Waals surface area contributed by atoms with Crippen molar-refractivity contribution in [2.75, 3.05) is 0 Å². The fourth-order valence-electron chi connectivity index (χ4n) is 2.18. The standard InChI is InChI=1S/C13H11NS3/c1-8-11-12(17-13(15)16-11)9(2)14(8)10-6-4-3-5-7-10/h3-7H,1-2H3. The molecule has 0 saturated carbocycles. The van der Waals surface area contributed by atoms with Crippen molar-refractivity contribution in [1.29, 1.82) is 0 Å². The first-order chi connectivity index (χ1) is 8.18.